The summed E-state index contributed by atoms with van der Waals surface area (Å²) in [6, 6.07) is 9.85. The first-order valence-corrected chi connectivity index (χ1v) is 11.5. The highest BCUT2D eigenvalue weighted by atomic mass is 32.1. The van der Waals surface area contributed by atoms with E-state index in [0.717, 1.165) is 17.8 Å². The summed E-state index contributed by atoms with van der Waals surface area (Å²) in [5.41, 5.74) is 0.504. The topological polar surface area (TPSA) is 83.4 Å². The standard InChI is InChI=1S/C22H25FN6O2S/c1-2-24-19(30)15-27-9-5-10-28(12-11-27)22(31)20-25-21(18-8-4-13-32-18)29(26-20)17-7-3-6-16(23)14-17/h3-4,6-8,13-14H,2,5,9-12,15H2,1H3,(H,24,30). The largest absolute Gasteiger partial charge is 0.355 e. The first-order valence-electron chi connectivity index (χ1n) is 10.6. The number of benzene rings is 1. The number of amides is 2. The fraction of sp³-hybridized carbons (Fsp3) is 0.364. The molecule has 3 heterocycles. The lowest BCUT2D eigenvalue weighted by atomic mass is 10.3. The van der Waals surface area contributed by atoms with Crippen LogP contribution in [-0.4, -0.2) is 75.6 Å². The third-order valence-electron chi connectivity index (χ3n) is 5.21. The Bertz CT molecular complexity index is 1080. The van der Waals surface area contributed by atoms with Crippen LogP contribution in [0.2, 0.25) is 0 Å². The summed E-state index contributed by atoms with van der Waals surface area (Å²) in [5, 5.41) is 9.17. The monoisotopic (exact) mass is 456 g/mol. The van der Waals surface area contributed by atoms with Gasteiger partial charge < -0.3 is 10.2 Å². The Morgan fingerprint density at radius 3 is 2.78 bits per heavy atom. The molecule has 168 valence electrons. The van der Waals surface area contributed by atoms with E-state index in [1.54, 1.807) is 17.0 Å². The van der Waals surface area contributed by atoms with E-state index in [1.807, 2.05) is 29.3 Å². The van der Waals surface area contributed by atoms with Crippen LogP contribution in [0.25, 0.3) is 16.4 Å². The normalized spacial score (nSPS) is 14.9. The van der Waals surface area contributed by atoms with Crippen molar-refractivity contribution >= 4 is 23.2 Å². The smallest absolute Gasteiger partial charge is 0.293 e. The molecule has 0 saturated carbocycles. The van der Waals surface area contributed by atoms with Gasteiger partial charge in [-0.25, -0.2) is 14.1 Å². The zero-order valence-electron chi connectivity index (χ0n) is 17.8. The van der Waals surface area contributed by atoms with Gasteiger partial charge in [0, 0.05) is 32.7 Å². The third kappa shape index (κ3) is 5.03. The summed E-state index contributed by atoms with van der Waals surface area (Å²) in [6.07, 6.45) is 0.757. The van der Waals surface area contributed by atoms with Gasteiger partial charge in [0.15, 0.2) is 5.82 Å². The summed E-state index contributed by atoms with van der Waals surface area (Å²) in [5.74, 6) is -0.0830. The number of halogens is 1. The second-order valence-electron chi connectivity index (χ2n) is 7.50. The maximum absolute atomic E-state index is 13.8. The van der Waals surface area contributed by atoms with Crippen molar-refractivity contribution in [1.82, 2.24) is 29.9 Å². The van der Waals surface area contributed by atoms with E-state index in [2.05, 4.69) is 15.4 Å². The number of likely N-dealkylation sites (N-methyl/N-ethyl adjacent to an activating group) is 1. The van der Waals surface area contributed by atoms with Crippen molar-refractivity contribution in [2.45, 2.75) is 13.3 Å². The zero-order chi connectivity index (χ0) is 22.5. The van der Waals surface area contributed by atoms with Gasteiger partial charge in [-0.15, -0.1) is 16.4 Å². The number of nitrogens with zero attached hydrogens (tertiary/aromatic N) is 5. The molecule has 0 unspecified atom stereocenters. The Kier molecular flexibility index (Phi) is 6.91. The summed E-state index contributed by atoms with van der Waals surface area (Å²) in [7, 11) is 0. The predicted octanol–water partition coefficient (Wildman–Crippen LogP) is 2.42. The maximum atomic E-state index is 13.8. The van der Waals surface area contributed by atoms with Gasteiger partial charge in [-0.05, 0) is 43.0 Å². The predicted molar refractivity (Wildman–Crippen MR) is 120 cm³/mol. The molecule has 1 aliphatic rings. The molecular weight excluding hydrogens is 431 g/mol. The Morgan fingerprint density at radius 1 is 1.16 bits per heavy atom. The van der Waals surface area contributed by atoms with Crippen LogP contribution in [0.1, 0.15) is 24.0 Å². The first-order chi connectivity index (χ1) is 15.5. The van der Waals surface area contributed by atoms with Gasteiger partial charge in [0.05, 0.1) is 17.1 Å². The number of aromatic nitrogens is 3. The van der Waals surface area contributed by atoms with Gasteiger partial charge in [0.2, 0.25) is 11.7 Å². The summed E-state index contributed by atoms with van der Waals surface area (Å²) < 4.78 is 15.4. The third-order valence-corrected chi connectivity index (χ3v) is 6.08. The van der Waals surface area contributed by atoms with Crippen LogP contribution in [0, 0.1) is 5.82 Å². The Labute approximate surface area is 189 Å². The molecule has 10 heteroatoms. The fourth-order valence-electron chi connectivity index (χ4n) is 3.69. The second kappa shape index (κ2) is 10.0. The average Bonchev–Trinajstić information content (AvgIpc) is 3.40. The number of hydrogen-bond acceptors (Lipinski definition) is 6. The van der Waals surface area contributed by atoms with E-state index >= 15 is 0 Å². The Morgan fingerprint density at radius 2 is 2.03 bits per heavy atom. The van der Waals surface area contributed by atoms with Gasteiger partial charge in [0.25, 0.3) is 5.91 Å². The molecule has 1 saturated heterocycles. The van der Waals surface area contributed by atoms with Gasteiger partial charge in [0.1, 0.15) is 5.82 Å². The van der Waals surface area contributed by atoms with Crippen LogP contribution in [0.5, 0.6) is 0 Å². The van der Waals surface area contributed by atoms with Crippen LogP contribution in [0.4, 0.5) is 4.39 Å². The van der Waals surface area contributed by atoms with Crippen molar-refractivity contribution in [3.05, 3.63) is 53.4 Å². The quantitative estimate of drug-likeness (QED) is 0.616. The molecule has 2 aromatic heterocycles. The second-order valence-corrected chi connectivity index (χ2v) is 8.45. The van der Waals surface area contributed by atoms with Gasteiger partial charge >= 0.3 is 0 Å². The van der Waals surface area contributed by atoms with Crippen LogP contribution in [-0.2, 0) is 4.79 Å². The molecule has 3 aromatic rings. The molecule has 0 atom stereocenters. The lowest BCUT2D eigenvalue weighted by Gasteiger charge is -2.20. The highest BCUT2D eigenvalue weighted by molar-refractivity contribution is 7.13. The van der Waals surface area contributed by atoms with Crippen LogP contribution in [0.15, 0.2) is 41.8 Å². The molecule has 1 aromatic carbocycles. The van der Waals surface area contributed by atoms with Crippen molar-refractivity contribution < 1.29 is 14.0 Å². The first kappa shape index (κ1) is 22.1. The van der Waals surface area contributed by atoms with Crippen LogP contribution < -0.4 is 5.32 Å². The fourth-order valence-corrected chi connectivity index (χ4v) is 4.38. The van der Waals surface area contributed by atoms with Crippen molar-refractivity contribution in [2.75, 3.05) is 39.3 Å². The minimum absolute atomic E-state index is 0.0108. The number of carbonyl (C=O) groups excluding carboxylic acids is 2. The Hall–Kier alpha value is -3.11. The van der Waals surface area contributed by atoms with Crippen LogP contribution in [0.3, 0.4) is 0 Å². The molecule has 8 nitrogen and oxygen atoms in total. The molecule has 1 fully saturated rings. The Balaban J connectivity index is 1.55. The lowest BCUT2D eigenvalue weighted by molar-refractivity contribution is -0.122. The summed E-state index contributed by atoms with van der Waals surface area (Å²) in [6.45, 7) is 5.21. The van der Waals surface area contributed by atoms with Gasteiger partial charge in [-0.3, -0.25) is 14.5 Å². The van der Waals surface area contributed by atoms with E-state index in [-0.39, 0.29) is 23.5 Å². The van der Waals surface area contributed by atoms with E-state index in [9.17, 15) is 14.0 Å². The van der Waals surface area contributed by atoms with Gasteiger partial charge in [-0.1, -0.05) is 12.1 Å². The zero-order valence-corrected chi connectivity index (χ0v) is 18.6. The number of nitrogens with one attached hydrogen (secondary N) is 1. The minimum atomic E-state index is -0.386. The van der Waals surface area contributed by atoms with E-state index in [1.165, 1.54) is 28.2 Å². The molecule has 0 spiro atoms. The molecule has 32 heavy (non-hydrogen) atoms. The number of carbonyl (C=O) groups is 2. The average molecular weight is 457 g/mol. The van der Waals surface area contributed by atoms with Crippen molar-refractivity contribution in [3.8, 4) is 16.4 Å². The van der Waals surface area contributed by atoms with Crippen molar-refractivity contribution in [2.24, 2.45) is 0 Å². The van der Waals surface area contributed by atoms with E-state index < -0.39 is 0 Å². The molecule has 0 aliphatic carbocycles. The molecule has 1 aliphatic heterocycles. The summed E-state index contributed by atoms with van der Waals surface area (Å²) >= 11 is 1.48. The van der Waals surface area contributed by atoms with Crippen molar-refractivity contribution in [3.63, 3.8) is 0 Å². The maximum Gasteiger partial charge on any atom is 0.293 e. The number of hydrogen-bond donors (Lipinski definition) is 1. The number of rotatable bonds is 6. The molecular formula is C22H25FN6O2S. The minimum Gasteiger partial charge on any atom is -0.355 e. The molecule has 0 radical (unpaired) electrons. The lowest BCUT2D eigenvalue weighted by Crippen LogP contribution is -2.40. The number of thiophene rings is 1. The summed E-state index contributed by atoms with van der Waals surface area (Å²) in [4.78, 5) is 34.3. The van der Waals surface area contributed by atoms with E-state index in [4.69, 9.17) is 0 Å². The molecule has 1 N–H and O–H groups in total. The molecule has 2 amide bonds. The SMILES string of the molecule is CCNC(=O)CN1CCCN(C(=O)c2nc(-c3cccs3)n(-c3cccc(F)c3)n2)CC1. The van der Waals surface area contributed by atoms with Gasteiger partial charge in [-0.2, -0.15) is 0 Å². The molecule has 4 rings (SSSR count). The van der Waals surface area contributed by atoms with E-state index in [0.29, 0.717) is 44.2 Å². The highest BCUT2D eigenvalue weighted by Crippen LogP contribution is 2.26. The van der Waals surface area contributed by atoms with Crippen LogP contribution >= 0.6 is 11.3 Å². The van der Waals surface area contributed by atoms with Crippen molar-refractivity contribution in [1.29, 1.82) is 0 Å². The molecule has 0 bridgehead atoms. The highest BCUT2D eigenvalue weighted by Gasteiger charge is 2.26.